The molecule has 4 nitrogen and oxygen atoms in total. The number of ether oxygens (including phenoxy) is 1. The van der Waals surface area contributed by atoms with Gasteiger partial charge < -0.3 is 4.74 Å². The van der Waals surface area contributed by atoms with Crippen LogP contribution in [0.4, 0.5) is 0 Å². The fourth-order valence-corrected chi connectivity index (χ4v) is 6.09. The SMILES string of the molecule is COc1cccc(C(=O)CSc2nc3c(c(-c4cccs4)c2C#N)C[C@H](C(C)(C)C)CC3)c1. The minimum absolute atomic E-state index is 0.00668. The van der Waals surface area contributed by atoms with Crippen LogP contribution in [-0.2, 0) is 12.8 Å². The van der Waals surface area contributed by atoms with Gasteiger partial charge in [0, 0.05) is 21.7 Å². The van der Waals surface area contributed by atoms with Crippen LogP contribution in [0.2, 0.25) is 0 Å². The number of nitriles is 1. The van der Waals surface area contributed by atoms with E-state index in [1.165, 1.54) is 17.3 Å². The number of nitrogens with zero attached hydrogens (tertiary/aromatic N) is 2. The van der Waals surface area contributed by atoms with Gasteiger partial charge in [0.1, 0.15) is 16.8 Å². The van der Waals surface area contributed by atoms with E-state index >= 15 is 0 Å². The molecular weight excluding hydrogens is 448 g/mol. The lowest BCUT2D eigenvalue weighted by molar-refractivity contribution is 0.102. The van der Waals surface area contributed by atoms with Crippen LogP contribution in [0.3, 0.4) is 0 Å². The van der Waals surface area contributed by atoms with E-state index in [4.69, 9.17) is 9.72 Å². The van der Waals surface area contributed by atoms with Crippen LogP contribution in [-0.4, -0.2) is 23.6 Å². The lowest BCUT2D eigenvalue weighted by atomic mass is 9.70. The normalized spacial score (nSPS) is 15.5. The lowest BCUT2D eigenvalue weighted by Gasteiger charge is -2.35. The van der Waals surface area contributed by atoms with E-state index in [-0.39, 0.29) is 17.0 Å². The summed E-state index contributed by atoms with van der Waals surface area (Å²) in [6.45, 7) is 6.88. The van der Waals surface area contributed by atoms with Gasteiger partial charge in [0.2, 0.25) is 0 Å². The molecule has 1 atom stereocenters. The van der Waals surface area contributed by atoms with Crippen molar-refractivity contribution in [3.63, 3.8) is 0 Å². The lowest BCUT2D eigenvalue weighted by Crippen LogP contribution is -2.28. The molecule has 2 heterocycles. The Kier molecular flexibility index (Phi) is 6.92. The molecule has 4 rings (SSSR count). The zero-order valence-corrected chi connectivity index (χ0v) is 21.1. The van der Waals surface area contributed by atoms with Crippen molar-refractivity contribution in [2.45, 2.75) is 45.1 Å². The second-order valence-electron chi connectivity index (χ2n) is 9.43. The second kappa shape index (κ2) is 9.70. The van der Waals surface area contributed by atoms with Gasteiger partial charge in [0.15, 0.2) is 5.78 Å². The van der Waals surface area contributed by atoms with Gasteiger partial charge in [0.05, 0.1) is 18.4 Å². The highest BCUT2D eigenvalue weighted by atomic mass is 32.2. The van der Waals surface area contributed by atoms with E-state index in [1.54, 1.807) is 30.6 Å². The number of fused-ring (bicyclic) bond motifs is 1. The Morgan fingerprint density at radius 1 is 1.30 bits per heavy atom. The van der Waals surface area contributed by atoms with Gasteiger partial charge in [-0.3, -0.25) is 4.79 Å². The van der Waals surface area contributed by atoms with Crippen LogP contribution < -0.4 is 4.74 Å². The highest BCUT2D eigenvalue weighted by Crippen LogP contribution is 2.44. The third-order valence-corrected chi connectivity index (χ3v) is 8.23. The third-order valence-electron chi connectivity index (χ3n) is 6.37. The summed E-state index contributed by atoms with van der Waals surface area (Å²) in [5, 5.41) is 12.9. The number of hydrogen-bond donors (Lipinski definition) is 0. The van der Waals surface area contributed by atoms with Gasteiger partial charge in [-0.15, -0.1) is 11.3 Å². The minimum Gasteiger partial charge on any atom is -0.497 e. The number of aromatic nitrogens is 1. The monoisotopic (exact) mass is 476 g/mol. The summed E-state index contributed by atoms with van der Waals surface area (Å²) < 4.78 is 5.24. The van der Waals surface area contributed by atoms with Crippen molar-refractivity contribution in [1.29, 1.82) is 5.26 Å². The number of hydrogen-bond acceptors (Lipinski definition) is 6. The summed E-state index contributed by atoms with van der Waals surface area (Å²) in [5.41, 5.74) is 4.70. The van der Waals surface area contributed by atoms with Gasteiger partial charge in [-0.1, -0.05) is 50.7 Å². The zero-order chi connectivity index (χ0) is 23.6. The fourth-order valence-electron chi connectivity index (χ4n) is 4.39. The van der Waals surface area contributed by atoms with Gasteiger partial charge in [0.25, 0.3) is 0 Å². The maximum atomic E-state index is 12.9. The van der Waals surface area contributed by atoms with Crippen LogP contribution >= 0.6 is 23.1 Å². The van der Waals surface area contributed by atoms with Gasteiger partial charge in [-0.25, -0.2) is 4.98 Å². The average molecular weight is 477 g/mol. The number of carbonyl (C=O) groups is 1. The summed E-state index contributed by atoms with van der Waals surface area (Å²) in [7, 11) is 1.59. The number of carbonyl (C=O) groups excluding carboxylic acids is 1. The van der Waals surface area contributed by atoms with Crippen LogP contribution in [0, 0.1) is 22.7 Å². The van der Waals surface area contributed by atoms with Crippen LogP contribution in [0.1, 0.15) is 54.4 Å². The highest BCUT2D eigenvalue weighted by molar-refractivity contribution is 8.00. The Balaban J connectivity index is 1.70. The Labute approximate surface area is 204 Å². The summed E-state index contributed by atoms with van der Waals surface area (Å²) in [6, 6.07) is 13.7. The van der Waals surface area contributed by atoms with Crippen LogP contribution in [0.5, 0.6) is 5.75 Å². The van der Waals surface area contributed by atoms with E-state index in [1.807, 2.05) is 23.6 Å². The van der Waals surface area contributed by atoms with Crippen molar-refractivity contribution in [3.05, 3.63) is 64.2 Å². The molecular formula is C27H28N2O2S2. The van der Waals surface area contributed by atoms with E-state index in [0.29, 0.717) is 27.8 Å². The van der Waals surface area contributed by atoms with E-state index in [0.717, 1.165) is 35.4 Å². The molecule has 170 valence electrons. The molecule has 1 aromatic carbocycles. The quantitative estimate of drug-likeness (QED) is 0.289. The third kappa shape index (κ3) is 5.00. The number of thioether (sulfide) groups is 1. The average Bonchev–Trinajstić information content (AvgIpc) is 3.35. The predicted molar refractivity (Wildman–Crippen MR) is 135 cm³/mol. The molecule has 3 aromatic rings. The van der Waals surface area contributed by atoms with Crippen LogP contribution in [0.15, 0.2) is 46.8 Å². The molecule has 0 N–H and O–H groups in total. The fraction of sp³-hybridized carbons (Fsp3) is 0.370. The molecule has 0 bridgehead atoms. The topological polar surface area (TPSA) is 63.0 Å². The number of aryl methyl sites for hydroxylation is 1. The first kappa shape index (κ1) is 23.5. The number of pyridine rings is 1. The number of rotatable bonds is 6. The number of benzene rings is 1. The Morgan fingerprint density at radius 2 is 2.12 bits per heavy atom. The van der Waals surface area contributed by atoms with Gasteiger partial charge in [-0.2, -0.15) is 5.26 Å². The van der Waals surface area contributed by atoms with Gasteiger partial charge >= 0.3 is 0 Å². The Hall–Kier alpha value is -2.62. The molecule has 1 aliphatic carbocycles. The molecule has 6 heteroatoms. The highest BCUT2D eigenvalue weighted by Gasteiger charge is 2.33. The Morgan fingerprint density at radius 3 is 2.79 bits per heavy atom. The van der Waals surface area contributed by atoms with E-state index in [9.17, 15) is 10.1 Å². The Bertz CT molecular complexity index is 1200. The standard InChI is InChI=1S/C27H28N2O2S2/c1-27(2,3)18-10-11-22-20(14-18)25(24-9-6-12-32-24)21(15-28)26(29-22)33-16-23(30)17-7-5-8-19(13-17)31-4/h5-9,12-13,18H,10-11,14,16H2,1-4H3/t18-/m1/s1. The molecule has 0 amide bonds. The molecule has 0 fully saturated rings. The van der Waals surface area contributed by atoms with Gasteiger partial charge in [-0.05, 0) is 59.7 Å². The first-order chi connectivity index (χ1) is 15.8. The first-order valence-corrected chi connectivity index (χ1v) is 13.0. The van der Waals surface area contributed by atoms with Crippen molar-refractivity contribution >= 4 is 28.9 Å². The number of ketones is 1. The molecule has 0 aliphatic heterocycles. The van der Waals surface area contributed by atoms with E-state index in [2.05, 4.69) is 32.9 Å². The summed E-state index contributed by atoms with van der Waals surface area (Å²) >= 11 is 3.01. The zero-order valence-electron chi connectivity index (χ0n) is 19.5. The molecule has 0 radical (unpaired) electrons. The molecule has 0 saturated heterocycles. The van der Waals surface area contributed by atoms with Crippen molar-refractivity contribution in [1.82, 2.24) is 4.98 Å². The van der Waals surface area contributed by atoms with Crippen molar-refractivity contribution in [2.24, 2.45) is 11.3 Å². The van der Waals surface area contributed by atoms with Crippen molar-refractivity contribution in [3.8, 4) is 22.3 Å². The van der Waals surface area contributed by atoms with Crippen molar-refractivity contribution < 1.29 is 9.53 Å². The van der Waals surface area contributed by atoms with E-state index < -0.39 is 0 Å². The summed E-state index contributed by atoms with van der Waals surface area (Å²) in [4.78, 5) is 18.9. The molecule has 1 aliphatic rings. The van der Waals surface area contributed by atoms with Crippen LogP contribution in [0.25, 0.3) is 10.4 Å². The molecule has 0 unspecified atom stereocenters. The molecule has 0 saturated carbocycles. The second-order valence-corrected chi connectivity index (χ2v) is 11.3. The largest absolute Gasteiger partial charge is 0.497 e. The predicted octanol–water partition coefficient (Wildman–Crippen LogP) is 6.82. The number of methoxy groups -OCH3 is 1. The number of thiophene rings is 1. The van der Waals surface area contributed by atoms with Crippen molar-refractivity contribution in [2.75, 3.05) is 12.9 Å². The molecule has 2 aromatic heterocycles. The summed E-state index contributed by atoms with van der Waals surface area (Å²) in [6.07, 6.45) is 2.92. The molecule has 33 heavy (non-hydrogen) atoms. The smallest absolute Gasteiger partial charge is 0.173 e. The minimum atomic E-state index is -0.00668. The maximum absolute atomic E-state index is 12.9. The number of Topliss-reactive ketones (excluding diaryl/α,β-unsaturated/α-hetero) is 1. The maximum Gasteiger partial charge on any atom is 0.173 e. The molecule has 0 spiro atoms. The first-order valence-electron chi connectivity index (χ1n) is 11.1. The summed E-state index contributed by atoms with van der Waals surface area (Å²) in [5.74, 6) is 1.42.